The minimum atomic E-state index is -0.354. The summed E-state index contributed by atoms with van der Waals surface area (Å²) in [4.78, 5) is 44.1. The van der Waals surface area contributed by atoms with Crippen LogP contribution < -0.4 is 0 Å². The van der Waals surface area contributed by atoms with Crippen LogP contribution >= 0.6 is 15.9 Å². The molecule has 0 amide bonds. The van der Waals surface area contributed by atoms with Gasteiger partial charge in [0.2, 0.25) is 0 Å². The smallest absolute Gasteiger partial charge is 0.277 e. The number of nitro benzene ring substituents is 2. The van der Waals surface area contributed by atoms with Crippen LogP contribution in [0.2, 0.25) is 0 Å². The van der Waals surface area contributed by atoms with Crippen molar-refractivity contribution in [2.75, 3.05) is 0 Å². The maximum absolute atomic E-state index is 11.2. The first-order chi connectivity index (χ1) is 16.0. The number of carbonyl (C=O) groups excluding carboxylic acids is 2. The van der Waals surface area contributed by atoms with E-state index >= 15 is 0 Å². The second-order valence-corrected chi connectivity index (χ2v) is 9.81. The summed E-state index contributed by atoms with van der Waals surface area (Å²) in [6.45, 7) is 4.77. The quantitative estimate of drug-likeness (QED) is 0.359. The number of halogens is 1. The highest BCUT2D eigenvalue weighted by atomic mass is 79.9. The third-order valence-corrected chi connectivity index (χ3v) is 7.04. The lowest BCUT2D eigenvalue weighted by Gasteiger charge is -2.10. The Morgan fingerprint density at radius 2 is 1.26 bits per heavy atom. The molecule has 0 saturated heterocycles. The van der Waals surface area contributed by atoms with E-state index in [0.29, 0.717) is 15.6 Å². The SMILES string of the molecule is CC(=O)Cc1c(Br)cc2c(c1[N+](=O)[O-])CCC2.CC(=O)Cc1c(C)cc2c(c1[N+](=O)[O-])CCC2. The Morgan fingerprint density at radius 1 is 0.824 bits per heavy atom. The minimum Gasteiger partial charge on any atom is -0.300 e. The van der Waals surface area contributed by atoms with Crippen molar-refractivity contribution in [3.63, 3.8) is 0 Å². The number of aryl methyl sites for hydroxylation is 3. The van der Waals surface area contributed by atoms with E-state index < -0.39 is 0 Å². The highest BCUT2D eigenvalue weighted by molar-refractivity contribution is 9.10. The second kappa shape index (κ2) is 10.5. The molecule has 0 fully saturated rings. The summed E-state index contributed by atoms with van der Waals surface area (Å²) in [7, 11) is 0. The zero-order chi connectivity index (χ0) is 25.2. The third-order valence-electron chi connectivity index (χ3n) is 6.34. The van der Waals surface area contributed by atoms with Gasteiger partial charge in [-0.05, 0) is 82.1 Å². The molecule has 34 heavy (non-hydrogen) atoms. The van der Waals surface area contributed by atoms with E-state index in [1.54, 1.807) is 0 Å². The molecule has 2 aliphatic rings. The monoisotopic (exact) mass is 530 g/mol. The first-order valence-corrected chi connectivity index (χ1v) is 12.1. The molecule has 0 heterocycles. The van der Waals surface area contributed by atoms with Crippen LogP contribution in [-0.4, -0.2) is 21.4 Å². The Labute approximate surface area is 206 Å². The van der Waals surface area contributed by atoms with Gasteiger partial charge >= 0.3 is 0 Å². The second-order valence-electron chi connectivity index (χ2n) is 8.96. The van der Waals surface area contributed by atoms with Gasteiger partial charge in [0.05, 0.1) is 15.4 Å². The standard InChI is InChI=1S/C13H15NO3.C12H12BrNO3/c1-8-6-10-4-3-5-11(10)13(14(16)17)12(8)7-9(2)15;1-7(15)5-10-11(13)6-8-3-2-4-9(8)12(10)14(16)17/h6H,3-5,7H2,1-2H3;6H,2-5H2,1H3. The Balaban J connectivity index is 0.000000191. The van der Waals surface area contributed by atoms with Crippen LogP contribution in [0, 0.1) is 27.2 Å². The van der Waals surface area contributed by atoms with Crippen molar-refractivity contribution in [1.82, 2.24) is 0 Å². The molecule has 2 aliphatic carbocycles. The Hall–Kier alpha value is -2.94. The normalized spacial score (nSPS) is 13.5. The average molecular weight is 531 g/mol. The summed E-state index contributed by atoms with van der Waals surface area (Å²) in [6, 6.07) is 3.93. The number of Topliss-reactive ketones (excluding diaryl/α,β-unsaturated/α-hetero) is 2. The number of carbonyl (C=O) groups is 2. The molecule has 0 unspecified atom stereocenters. The van der Waals surface area contributed by atoms with E-state index in [9.17, 15) is 29.8 Å². The molecule has 4 rings (SSSR count). The topological polar surface area (TPSA) is 120 Å². The van der Waals surface area contributed by atoms with Crippen molar-refractivity contribution < 1.29 is 19.4 Å². The van der Waals surface area contributed by atoms with Crippen molar-refractivity contribution in [1.29, 1.82) is 0 Å². The van der Waals surface area contributed by atoms with Gasteiger partial charge in [0, 0.05) is 34.0 Å². The molecule has 0 N–H and O–H groups in total. The van der Waals surface area contributed by atoms with E-state index in [-0.39, 0.29) is 45.6 Å². The molecular formula is C25H27BrN2O6. The number of rotatable bonds is 6. The summed E-state index contributed by atoms with van der Waals surface area (Å²) in [5, 5.41) is 22.4. The van der Waals surface area contributed by atoms with Gasteiger partial charge in [0.1, 0.15) is 11.6 Å². The summed E-state index contributed by atoms with van der Waals surface area (Å²) < 4.78 is 0.681. The number of fused-ring (bicyclic) bond motifs is 2. The zero-order valence-corrected chi connectivity index (χ0v) is 21.1. The van der Waals surface area contributed by atoms with Crippen molar-refractivity contribution in [2.24, 2.45) is 0 Å². The van der Waals surface area contributed by atoms with Gasteiger partial charge in [0.25, 0.3) is 11.4 Å². The van der Waals surface area contributed by atoms with Crippen LogP contribution in [0.1, 0.15) is 65.6 Å². The summed E-state index contributed by atoms with van der Waals surface area (Å²) in [5.74, 6) is -0.0964. The van der Waals surface area contributed by atoms with Gasteiger partial charge in [-0.1, -0.05) is 22.0 Å². The number of hydrogen-bond donors (Lipinski definition) is 0. The predicted molar refractivity (Wildman–Crippen MR) is 131 cm³/mol. The van der Waals surface area contributed by atoms with E-state index in [2.05, 4.69) is 15.9 Å². The molecule has 0 saturated carbocycles. The number of ketones is 2. The number of nitro groups is 2. The fourth-order valence-electron chi connectivity index (χ4n) is 4.98. The van der Waals surface area contributed by atoms with Gasteiger partial charge in [0.15, 0.2) is 0 Å². The first-order valence-electron chi connectivity index (χ1n) is 11.3. The number of nitrogens with zero attached hydrogens (tertiary/aromatic N) is 2. The summed E-state index contributed by atoms with van der Waals surface area (Å²) in [6.07, 6.45) is 5.50. The van der Waals surface area contributed by atoms with Crippen molar-refractivity contribution in [3.05, 3.63) is 75.8 Å². The van der Waals surface area contributed by atoms with E-state index in [4.69, 9.17) is 0 Å². The van der Waals surface area contributed by atoms with Gasteiger partial charge < -0.3 is 0 Å². The number of hydrogen-bond acceptors (Lipinski definition) is 6. The van der Waals surface area contributed by atoms with Crippen LogP contribution in [0.5, 0.6) is 0 Å². The molecule has 8 nitrogen and oxygen atoms in total. The Morgan fingerprint density at radius 3 is 1.74 bits per heavy atom. The van der Waals surface area contributed by atoms with Crippen LogP contribution in [0.25, 0.3) is 0 Å². The minimum absolute atomic E-state index is 0.0332. The van der Waals surface area contributed by atoms with Gasteiger partial charge in [-0.25, -0.2) is 0 Å². The lowest BCUT2D eigenvalue weighted by atomic mass is 9.95. The molecule has 2 aromatic rings. The third kappa shape index (κ3) is 5.41. The summed E-state index contributed by atoms with van der Waals surface area (Å²) in [5.41, 5.74) is 6.09. The fraction of sp³-hybridized carbons (Fsp3) is 0.440. The molecule has 0 atom stereocenters. The molecule has 180 valence electrons. The predicted octanol–water partition coefficient (Wildman–Crippen LogP) is 5.50. The molecule has 0 spiro atoms. The van der Waals surface area contributed by atoms with Gasteiger partial charge in [-0.15, -0.1) is 0 Å². The van der Waals surface area contributed by atoms with Crippen LogP contribution in [0.3, 0.4) is 0 Å². The fourth-order valence-corrected chi connectivity index (χ4v) is 5.58. The van der Waals surface area contributed by atoms with Crippen LogP contribution in [0.4, 0.5) is 11.4 Å². The van der Waals surface area contributed by atoms with E-state index in [1.807, 2.05) is 19.1 Å². The highest BCUT2D eigenvalue weighted by Gasteiger charge is 2.29. The lowest BCUT2D eigenvalue weighted by molar-refractivity contribution is -0.386. The first kappa shape index (κ1) is 25.7. The molecule has 9 heteroatoms. The molecule has 0 aliphatic heterocycles. The van der Waals surface area contributed by atoms with Crippen molar-refractivity contribution in [3.8, 4) is 0 Å². The largest absolute Gasteiger partial charge is 0.300 e. The van der Waals surface area contributed by atoms with Crippen LogP contribution in [-0.2, 0) is 48.1 Å². The molecule has 0 radical (unpaired) electrons. The maximum atomic E-state index is 11.2. The highest BCUT2D eigenvalue weighted by Crippen LogP contribution is 2.38. The average Bonchev–Trinajstić information content (AvgIpc) is 3.37. The van der Waals surface area contributed by atoms with Gasteiger partial charge in [-0.2, -0.15) is 0 Å². The summed E-state index contributed by atoms with van der Waals surface area (Å²) >= 11 is 3.34. The van der Waals surface area contributed by atoms with E-state index in [0.717, 1.165) is 66.3 Å². The zero-order valence-electron chi connectivity index (χ0n) is 19.5. The Kier molecular flexibility index (Phi) is 7.97. The molecular weight excluding hydrogens is 504 g/mol. The van der Waals surface area contributed by atoms with Crippen molar-refractivity contribution >= 4 is 38.9 Å². The van der Waals surface area contributed by atoms with Gasteiger partial charge in [-0.3, -0.25) is 29.8 Å². The van der Waals surface area contributed by atoms with Crippen molar-refractivity contribution in [2.45, 2.75) is 72.1 Å². The molecule has 0 bridgehead atoms. The maximum Gasteiger partial charge on any atom is 0.277 e. The lowest BCUT2D eigenvalue weighted by Crippen LogP contribution is -2.07. The molecule has 0 aromatic heterocycles. The van der Waals surface area contributed by atoms with Crippen LogP contribution in [0.15, 0.2) is 16.6 Å². The van der Waals surface area contributed by atoms with E-state index in [1.165, 1.54) is 13.8 Å². The Bertz CT molecular complexity index is 1110. The number of benzene rings is 2. The molecule has 2 aromatic carbocycles.